The molecule has 0 heterocycles. The molecule has 88 valence electrons. The second-order valence-electron chi connectivity index (χ2n) is 3.26. The number of carboxylic acid groups (broad SMARTS) is 1. The van der Waals surface area contributed by atoms with Gasteiger partial charge in [-0.1, -0.05) is 6.92 Å². The lowest BCUT2D eigenvalue weighted by Gasteiger charge is -2.16. The van der Waals surface area contributed by atoms with Gasteiger partial charge in [0.25, 0.3) is 0 Å². The van der Waals surface area contributed by atoms with Crippen molar-refractivity contribution >= 4 is 23.6 Å². The highest BCUT2D eigenvalue weighted by atomic mass is 32.2. The second-order valence-corrected chi connectivity index (χ2v) is 4.65. The SMILES string of the molecule is CCSCCC(=O)N(C)CCCC(=O)O. The van der Waals surface area contributed by atoms with Gasteiger partial charge in [-0.2, -0.15) is 11.8 Å². The van der Waals surface area contributed by atoms with E-state index in [2.05, 4.69) is 6.92 Å². The van der Waals surface area contributed by atoms with E-state index in [0.717, 1.165) is 11.5 Å². The number of aliphatic carboxylic acids is 1. The fraction of sp³-hybridized carbons (Fsp3) is 0.800. The maximum Gasteiger partial charge on any atom is 0.303 e. The zero-order chi connectivity index (χ0) is 11.7. The first-order valence-corrected chi connectivity index (χ1v) is 6.27. The number of carboxylic acids is 1. The summed E-state index contributed by atoms with van der Waals surface area (Å²) in [6.07, 6.45) is 1.20. The number of amides is 1. The topological polar surface area (TPSA) is 57.6 Å². The molecule has 1 N–H and O–H groups in total. The zero-order valence-electron chi connectivity index (χ0n) is 9.36. The summed E-state index contributed by atoms with van der Waals surface area (Å²) in [5, 5.41) is 8.43. The van der Waals surface area contributed by atoms with Crippen LogP contribution in [0.25, 0.3) is 0 Å². The van der Waals surface area contributed by atoms with Gasteiger partial charge in [-0.3, -0.25) is 9.59 Å². The van der Waals surface area contributed by atoms with Gasteiger partial charge < -0.3 is 10.0 Å². The first-order valence-electron chi connectivity index (χ1n) is 5.11. The summed E-state index contributed by atoms with van der Waals surface area (Å²) in [6.45, 7) is 2.59. The normalized spacial score (nSPS) is 10.0. The molecule has 0 saturated carbocycles. The van der Waals surface area contributed by atoms with Crippen LogP contribution < -0.4 is 0 Å². The van der Waals surface area contributed by atoms with E-state index in [-0.39, 0.29) is 12.3 Å². The molecule has 0 radical (unpaired) electrons. The summed E-state index contributed by atoms with van der Waals surface area (Å²) in [4.78, 5) is 23.3. The van der Waals surface area contributed by atoms with E-state index < -0.39 is 5.97 Å². The third-order valence-corrected chi connectivity index (χ3v) is 2.88. The predicted octanol–water partition coefficient (Wildman–Crippen LogP) is 1.45. The minimum atomic E-state index is -0.808. The van der Waals surface area contributed by atoms with Crippen molar-refractivity contribution < 1.29 is 14.7 Å². The van der Waals surface area contributed by atoms with E-state index in [4.69, 9.17) is 5.11 Å². The molecule has 0 aliphatic heterocycles. The lowest BCUT2D eigenvalue weighted by Crippen LogP contribution is -2.28. The van der Waals surface area contributed by atoms with Gasteiger partial charge in [-0.25, -0.2) is 0 Å². The smallest absolute Gasteiger partial charge is 0.303 e. The maximum absolute atomic E-state index is 11.5. The van der Waals surface area contributed by atoms with Crippen LogP contribution >= 0.6 is 11.8 Å². The van der Waals surface area contributed by atoms with E-state index in [0.29, 0.717) is 19.4 Å². The van der Waals surface area contributed by atoms with E-state index in [9.17, 15) is 9.59 Å². The Labute approximate surface area is 95.0 Å². The summed E-state index contributed by atoms with van der Waals surface area (Å²) in [5.74, 6) is 1.16. The maximum atomic E-state index is 11.5. The number of nitrogens with zero attached hydrogens (tertiary/aromatic N) is 1. The molecule has 0 spiro atoms. The van der Waals surface area contributed by atoms with Crippen LogP contribution in [0.3, 0.4) is 0 Å². The van der Waals surface area contributed by atoms with Crippen molar-refractivity contribution in [1.29, 1.82) is 0 Å². The first-order chi connectivity index (χ1) is 7.07. The average Bonchev–Trinajstić information content (AvgIpc) is 2.17. The molecule has 0 aliphatic rings. The molecule has 0 aliphatic carbocycles. The minimum absolute atomic E-state index is 0.0985. The van der Waals surface area contributed by atoms with E-state index in [1.54, 1.807) is 23.7 Å². The minimum Gasteiger partial charge on any atom is -0.481 e. The van der Waals surface area contributed by atoms with Gasteiger partial charge in [-0.05, 0) is 12.2 Å². The molecule has 15 heavy (non-hydrogen) atoms. The number of hydrogen-bond donors (Lipinski definition) is 1. The molecule has 0 unspecified atom stereocenters. The lowest BCUT2D eigenvalue weighted by molar-refractivity contribution is -0.138. The molecular weight excluding hydrogens is 214 g/mol. The molecule has 1 amide bonds. The molecule has 0 aromatic heterocycles. The van der Waals surface area contributed by atoms with Crippen LogP contribution in [0, 0.1) is 0 Å². The molecular formula is C10H19NO3S. The molecule has 0 aromatic rings. The zero-order valence-corrected chi connectivity index (χ0v) is 10.2. The van der Waals surface area contributed by atoms with Crippen LogP contribution in [0.2, 0.25) is 0 Å². The van der Waals surface area contributed by atoms with Crippen LogP contribution in [-0.4, -0.2) is 47.0 Å². The van der Waals surface area contributed by atoms with Crippen molar-refractivity contribution in [2.24, 2.45) is 0 Å². The van der Waals surface area contributed by atoms with Crippen molar-refractivity contribution in [1.82, 2.24) is 4.90 Å². The Morgan fingerprint density at radius 1 is 1.33 bits per heavy atom. The van der Waals surface area contributed by atoms with Crippen LogP contribution in [0.4, 0.5) is 0 Å². The molecule has 4 nitrogen and oxygen atoms in total. The van der Waals surface area contributed by atoms with E-state index >= 15 is 0 Å². The monoisotopic (exact) mass is 233 g/mol. The average molecular weight is 233 g/mol. The number of hydrogen-bond acceptors (Lipinski definition) is 3. The number of carbonyl (C=O) groups is 2. The highest BCUT2D eigenvalue weighted by Crippen LogP contribution is 2.03. The Morgan fingerprint density at radius 3 is 2.53 bits per heavy atom. The Kier molecular flexibility index (Phi) is 8.18. The van der Waals surface area contributed by atoms with Crippen molar-refractivity contribution in [2.75, 3.05) is 25.1 Å². The third-order valence-electron chi connectivity index (χ3n) is 1.97. The molecule has 5 heteroatoms. The van der Waals surface area contributed by atoms with Gasteiger partial charge in [0.2, 0.25) is 5.91 Å². The summed E-state index contributed by atoms with van der Waals surface area (Å²) in [7, 11) is 1.72. The van der Waals surface area contributed by atoms with Crippen molar-refractivity contribution in [2.45, 2.75) is 26.2 Å². The highest BCUT2D eigenvalue weighted by molar-refractivity contribution is 7.99. The van der Waals surface area contributed by atoms with Crippen LogP contribution in [0.5, 0.6) is 0 Å². The quantitative estimate of drug-likeness (QED) is 0.645. The fourth-order valence-corrected chi connectivity index (χ4v) is 1.69. The molecule has 0 rings (SSSR count). The van der Waals surface area contributed by atoms with Gasteiger partial charge in [0.05, 0.1) is 0 Å². The Hall–Kier alpha value is -0.710. The molecule has 0 saturated heterocycles. The van der Waals surface area contributed by atoms with E-state index in [1.165, 1.54) is 0 Å². The van der Waals surface area contributed by atoms with Crippen molar-refractivity contribution in [3.63, 3.8) is 0 Å². The Morgan fingerprint density at radius 2 is 2.00 bits per heavy atom. The van der Waals surface area contributed by atoms with Gasteiger partial charge in [0, 0.05) is 32.2 Å². The molecule has 0 bridgehead atoms. The highest BCUT2D eigenvalue weighted by Gasteiger charge is 2.08. The molecule has 0 atom stereocenters. The van der Waals surface area contributed by atoms with Gasteiger partial charge in [0.15, 0.2) is 0 Å². The number of thioether (sulfide) groups is 1. The Balaban J connectivity index is 3.55. The summed E-state index contributed by atoms with van der Waals surface area (Å²) >= 11 is 1.74. The van der Waals surface area contributed by atoms with Crippen molar-refractivity contribution in [3.05, 3.63) is 0 Å². The van der Waals surface area contributed by atoms with Crippen LogP contribution in [0.15, 0.2) is 0 Å². The Bertz CT molecular complexity index is 209. The lowest BCUT2D eigenvalue weighted by atomic mass is 10.3. The van der Waals surface area contributed by atoms with Crippen molar-refractivity contribution in [3.8, 4) is 0 Å². The van der Waals surface area contributed by atoms with Gasteiger partial charge in [0.1, 0.15) is 0 Å². The summed E-state index contributed by atoms with van der Waals surface area (Å²) < 4.78 is 0. The second kappa shape index (κ2) is 8.59. The van der Waals surface area contributed by atoms with Gasteiger partial charge in [-0.15, -0.1) is 0 Å². The standard InChI is InChI=1S/C10H19NO3S/c1-3-15-8-6-9(12)11(2)7-4-5-10(13)14/h3-8H2,1-2H3,(H,13,14). The fourth-order valence-electron chi connectivity index (χ4n) is 1.09. The number of carbonyl (C=O) groups excluding carboxylic acids is 1. The summed E-state index contributed by atoms with van der Waals surface area (Å²) in [6, 6.07) is 0. The number of rotatable bonds is 8. The summed E-state index contributed by atoms with van der Waals surface area (Å²) in [5.41, 5.74) is 0. The van der Waals surface area contributed by atoms with Gasteiger partial charge >= 0.3 is 5.97 Å². The van der Waals surface area contributed by atoms with Crippen LogP contribution in [-0.2, 0) is 9.59 Å². The predicted molar refractivity (Wildman–Crippen MR) is 62.1 cm³/mol. The largest absolute Gasteiger partial charge is 0.481 e. The first kappa shape index (κ1) is 14.3. The third kappa shape index (κ3) is 8.30. The molecule has 0 aromatic carbocycles. The molecule has 0 fully saturated rings. The van der Waals surface area contributed by atoms with E-state index in [1.807, 2.05) is 0 Å². The van der Waals surface area contributed by atoms with Crippen LogP contribution in [0.1, 0.15) is 26.2 Å².